The molecule has 17 heavy (non-hydrogen) atoms. The van der Waals surface area contributed by atoms with E-state index in [0.29, 0.717) is 0 Å². The van der Waals surface area contributed by atoms with Gasteiger partial charge in [0.2, 0.25) is 0 Å². The molecule has 4 heteroatoms. The second kappa shape index (κ2) is 5.27. The molecule has 0 aliphatic carbocycles. The third-order valence-corrected chi connectivity index (χ3v) is 3.20. The number of benzene rings is 1. The summed E-state index contributed by atoms with van der Waals surface area (Å²) in [6.45, 7) is 1.85. The van der Waals surface area contributed by atoms with Gasteiger partial charge in [0.25, 0.3) is 0 Å². The lowest BCUT2D eigenvalue weighted by Gasteiger charge is -2.26. The Kier molecular flexibility index (Phi) is 3.74. The summed E-state index contributed by atoms with van der Waals surface area (Å²) in [6, 6.07) is 6.01. The van der Waals surface area contributed by atoms with Gasteiger partial charge in [-0.3, -0.25) is 9.69 Å². The van der Waals surface area contributed by atoms with Gasteiger partial charge in [0.15, 0.2) is 0 Å². The van der Waals surface area contributed by atoms with Crippen LogP contribution in [0.1, 0.15) is 30.9 Å². The third kappa shape index (κ3) is 3.03. The van der Waals surface area contributed by atoms with Crippen molar-refractivity contribution in [2.45, 2.75) is 25.3 Å². The average molecular weight is 237 g/mol. The van der Waals surface area contributed by atoms with Gasteiger partial charge in [-0.05, 0) is 43.6 Å². The summed E-state index contributed by atoms with van der Waals surface area (Å²) in [6.07, 6.45) is 2.29. The molecule has 0 amide bonds. The van der Waals surface area contributed by atoms with Crippen LogP contribution in [-0.2, 0) is 4.79 Å². The van der Waals surface area contributed by atoms with E-state index in [9.17, 15) is 9.18 Å². The van der Waals surface area contributed by atoms with E-state index in [-0.39, 0.29) is 18.3 Å². The summed E-state index contributed by atoms with van der Waals surface area (Å²) in [5, 5.41) is 8.96. The Hall–Kier alpha value is -1.42. The normalized spacial score (nSPS) is 18.2. The first-order valence-corrected chi connectivity index (χ1v) is 5.88. The highest BCUT2D eigenvalue weighted by Gasteiger charge is 2.25. The SMILES string of the molecule is O=C(O)C[C@H](c1ccc(F)cc1)N1CCCC1. The van der Waals surface area contributed by atoms with Gasteiger partial charge in [-0.25, -0.2) is 4.39 Å². The molecule has 1 aromatic carbocycles. The number of nitrogens with zero attached hydrogens (tertiary/aromatic N) is 1. The highest BCUT2D eigenvalue weighted by Crippen LogP contribution is 2.28. The minimum absolute atomic E-state index is 0.0750. The average Bonchev–Trinajstić information content (AvgIpc) is 2.80. The van der Waals surface area contributed by atoms with E-state index in [0.717, 1.165) is 31.5 Å². The number of hydrogen-bond donors (Lipinski definition) is 1. The topological polar surface area (TPSA) is 40.5 Å². The Morgan fingerprint density at radius 3 is 2.41 bits per heavy atom. The minimum atomic E-state index is -0.814. The molecule has 1 N–H and O–H groups in total. The lowest BCUT2D eigenvalue weighted by atomic mass is 10.0. The molecule has 1 saturated heterocycles. The van der Waals surface area contributed by atoms with Crippen molar-refractivity contribution in [2.24, 2.45) is 0 Å². The van der Waals surface area contributed by atoms with Gasteiger partial charge >= 0.3 is 5.97 Å². The van der Waals surface area contributed by atoms with Crippen molar-refractivity contribution in [3.63, 3.8) is 0 Å². The summed E-state index contributed by atoms with van der Waals surface area (Å²) in [5.41, 5.74) is 0.885. The molecule has 1 atom stereocenters. The Balaban J connectivity index is 2.19. The van der Waals surface area contributed by atoms with Crippen LogP contribution in [0.2, 0.25) is 0 Å². The van der Waals surface area contributed by atoms with Gasteiger partial charge in [0.05, 0.1) is 6.42 Å². The van der Waals surface area contributed by atoms with Gasteiger partial charge in [0, 0.05) is 6.04 Å². The molecule has 1 aliphatic heterocycles. The van der Waals surface area contributed by atoms with E-state index in [1.807, 2.05) is 0 Å². The van der Waals surface area contributed by atoms with Gasteiger partial charge in [-0.1, -0.05) is 12.1 Å². The van der Waals surface area contributed by atoms with Gasteiger partial charge in [-0.15, -0.1) is 0 Å². The van der Waals surface area contributed by atoms with Crippen LogP contribution < -0.4 is 0 Å². The fraction of sp³-hybridized carbons (Fsp3) is 0.462. The highest BCUT2D eigenvalue weighted by molar-refractivity contribution is 5.68. The molecule has 1 heterocycles. The van der Waals surface area contributed by atoms with Crippen LogP contribution in [0.4, 0.5) is 4.39 Å². The molecule has 0 bridgehead atoms. The van der Waals surface area contributed by atoms with Crippen LogP contribution in [0.25, 0.3) is 0 Å². The lowest BCUT2D eigenvalue weighted by molar-refractivity contribution is -0.138. The molecular formula is C13H16FNO2. The number of carboxylic acids is 1. The van der Waals surface area contributed by atoms with Gasteiger partial charge < -0.3 is 5.11 Å². The zero-order valence-electron chi connectivity index (χ0n) is 9.60. The second-order valence-electron chi connectivity index (χ2n) is 4.41. The van der Waals surface area contributed by atoms with Crippen molar-refractivity contribution in [1.82, 2.24) is 4.90 Å². The number of likely N-dealkylation sites (tertiary alicyclic amines) is 1. The van der Waals surface area contributed by atoms with E-state index in [1.54, 1.807) is 12.1 Å². The molecule has 2 rings (SSSR count). The van der Waals surface area contributed by atoms with Crippen molar-refractivity contribution in [1.29, 1.82) is 0 Å². The van der Waals surface area contributed by atoms with Crippen molar-refractivity contribution in [2.75, 3.05) is 13.1 Å². The minimum Gasteiger partial charge on any atom is -0.481 e. The van der Waals surface area contributed by atoms with E-state index in [4.69, 9.17) is 5.11 Å². The van der Waals surface area contributed by atoms with E-state index in [2.05, 4.69) is 4.90 Å². The van der Waals surface area contributed by atoms with Crippen LogP contribution >= 0.6 is 0 Å². The monoisotopic (exact) mass is 237 g/mol. The van der Waals surface area contributed by atoms with E-state index < -0.39 is 5.97 Å². The van der Waals surface area contributed by atoms with Crippen LogP contribution in [-0.4, -0.2) is 29.1 Å². The van der Waals surface area contributed by atoms with Crippen molar-refractivity contribution in [3.8, 4) is 0 Å². The largest absolute Gasteiger partial charge is 0.481 e. The summed E-state index contributed by atoms with van der Waals surface area (Å²) in [7, 11) is 0. The summed E-state index contributed by atoms with van der Waals surface area (Å²) in [4.78, 5) is 13.1. The van der Waals surface area contributed by atoms with Gasteiger partial charge in [0.1, 0.15) is 5.82 Å². The first-order chi connectivity index (χ1) is 8.16. The molecule has 1 fully saturated rings. The molecule has 1 aromatic rings. The molecule has 0 saturated carbocycles. The molecule has 1 aliphatic rings. The number of halogens is 1. The maximum atomic E-state index is 12.9. The summed E-state index contributed by atoms with van der Waals surface area (Å²) < 4.78 is 12.9. The summed E-state index contributed by atoms with van der Waals surface area (Å²) in [5.74, 6) is -1.10. The van der Waals surface area contributed by atoms with Crippen LogP contribution in [0, 0.1) is 5.82 Å². The standard InChI is InChI=1S/C13H16FNO2/c14-11-5-3-10(4-6-11)12(9-13(16)17)15-7-1-2-8-15/h3-6,12H,1-2,7-9H2,(H,16,17)/t12-/m1/s1. The van der Waals surface area contributed by atoms with Crippen molar-refractivity contribution >= 4 is 5.97 Å². The van der Waals surface area contributed by atoms with Crippen LogP contribution in [0.3, 0.4) is 0 Å². The number of aliphatic carboxylic acids is 1. The first-order valence-electron chi connectivity index (χ1n) is 5.88. The Morgan fingerprint density at radius 1 is 1.29 bits per heavy atom. The molecule has 0 aromatic heterocycles. The van der Waals surface area contributed by atoms with Crippen molar-refractivity contribution in [3.05, 3.63) is 35.6 Å². The fourth-order valence-electron chi connectivity index (χ4n) is 2.36. The zero-order chi connectivity index (χ0) is 12.3. The number of carbonyl (C=O) groups is 1. The predicted octanol–water partition coefficient (Wildman–Crippen LogP) is 2.44. The molecule has 3 nitrogen and oxygen atoms in total. The lowest BCUT2D eigenvalue weighted by Crippen LogP contribution is -2.27. The van der Waals surface area contributed by atoms with Gasteiger partial charge in [-0.2, -0.15) is 0 Å². The van der Waals surface area contributed by atoms with Crippen LogP contribution in [0.15, 0.2) is 24.3 Å². The number of hydrogen-bond acceptors (Lipinski definition) is 2. The third-order valence-electron chi connectivity index (χ3n) is 3.20. The molecule has 0 unspecified atom stereocenters. The maximum Gasteiger partial charge on any atom is 0.305 e. The molecular weight excluding hydrogens is 221 g/mol. The molecule has 92 valence electrons. The Labute approximate surface area is 99.9 Å². The predicted molar refractivity (Wildman–Crippen MR) is 62.2 cm³/mol. The quantitative estimate of drug-likeness (QED) is 0.874. The number of rotatable bonds is 4. The van der Waals surface area contributed by atoms with Crippen molar-refractivity contribution < 1.29 is 14.3 Å². The van der Waals surface area contributed by atoms with E-state index >= 15 is 0 Å². The highest BCUT2D eigenvalue weighted by atomic mass is 19.1. The molecule has 0 spiro atoms. The Morgan fingerprint density at radius 2 is 1.88 bits per heavy atom. The zero-order valence-corrected chi connectivity index (χ0v) is 9.60. The van der Waals surface area contributed by atoms with E-state index in [1.165, 1.54) is 12.1 Å². The first kappa shape index (κ1) is 12.0. The summed E-state index contributed by atoms with van der Waals surface area (Å²) >= 11 is 0. The second-order valence-corrected chi connectivity index (χ2v) is 4.41. The Bertz CT molecular complexity index is 385. The fourth-order valence-corrected chi connectivity index (χ4v) is 2.36. The van der Waals surface area contributed by atoms with Crippen LogP contribution in [0.5, 0.6) is 0 Å². The molecule has 0 radical (unpaired) electrons. The number of carboxylic acid groups (broad SMARTS) is 1. The maximum absolute atomic E-state index is 12.9. The smallest absolute Gasteiger partial charge is 0.305 e.